The number of carbonyl (C=O) groups is 2. The van der Waals surface area contributed by atoms with Crippen LogP contribution in [0.3, 0.4) is 0 Å². The minimum absolute atomic E-state index is 0.103. The van der Waals surface area contributed by atoms with Gasteiger partial charge in [0.05, 0.1) is 32.5 Å². The van der Waals surface area contributed by atoms with Gasteiger partial charge in [-0.3, -0.25) is 19.5 Å². The van der Waals surface area contributed by atoms with Crippen LogP contribution in [0.25, 0.3) is 0 Å². The van der Waals surface area contributed by atoms with Crippen LogP contribution in [-0.4, -0.2) is 101 Å². The number of rotatable bonds is 17. The lowest BCUT2D eigenvalue weighted by molar-refractivity contribution is -0.146. The van der Waals surface area contributed by atoms with Crippen molar-refractivity contribution in [2.45, 2.75) is 50.7 Å². The van der Waals surface area contributed by atoms with Crippen LogP contribution in [0.2, 0.25) is 0 Å². The molecule has 3 N–H and O–H groups in total. The van der Waals surface area contributed by atoms with E-state index < -0.39 is 45.2 Å². The highest BCUT2D eigenvalue weighted by atomic mass is 31.2. The van der Waals surface area contributed by atoms with Gasteiger partial charge in [0.2, 0.25) is 6.41 Å². The number of nitrogens with one attached hydrogen (secondary N) is 3. The van der Waals surface area contributed by atoms with E-state index in [1.165, 1.54) is 19.3 Å². The highest BCUT2D eigenvalue weighted by Gasteiger charge is 2.51. The van der Waals surface area contributed by atoms with Crippen LogP contribution in [-0.2, 0) is 39.5 Å². The molecule has 234 valence electrons. The zero-order valence-corrected chi connectivity index (χ0v) is 24.8. The SMILES string of the molecule is CN=C(/C=C\NC=O)NC1OC(COP(NC(C)C(=O)OCc2ccccc2)OCCCN2CCOCC2)CC1(F)F. The van der Waals surface area contributed by atoms with Crippen LogP contribution >= 0.6 is 8.53 Å². The Morgan fingerprint density at radius 2 is 2.02 bits per heavy atom. The van der Waals surface area contributed by atoms with E-state index in [1.54, 1.807) is 6.92 Å². The van der Waals surface area contributed by atoms with Crippen molar-refractivity contribution in [3.63, 3.8) is 0 Å². The van der Waals surface area contributed by atoms with E-state index in [9.17, 15) is 18.4 Å². The van der Waals surface area contributed by atoms with Crippen LogP contribution in [0.15, 0.2) is 47.6 Å². The summed E-state index contributed by atoms with van der Waals surface area (Å²) in [6.07, 6.45) is 0.571. The molecule has 0 saturated carbocycles. The minimum atomic E-state index is -3.21. The average Bonchev–Trinajstić information content (AvgIpc) is 3.29. The normalized spacial score (nSPS) is 22.5. The summed E-state index contributed by atoms with van der Waals surface area (Å²) >= 11 is 0. The van der Waals surface area contributed by atoms with Gasteiger partial charge in [0, 0.05) is 39.3 Å². The predicted molar refractivity (Wildman–Crippen MR) is 153 cm³/mol. The number of alkyl halides is 2. The van der Waals surface area contributed by atoms with Gasteiger partial charge in [-0.15, -0.1) is 0 Å². The molecule has 1 amide bonds. The zero-order valence-electron chi connectivity index (χ0n) is 23.9. The second-order valence-corrected chi connectivity index (χ2v) is 10.9. The smallest absolute Gasteiger partial charge is 0.323 e. The molecule has 2 fully saturated rings. The summed E-state index contributed by atoms with van der Waals surface area (Å²) in [5.74, 6) is -3.60. The number of aliphatic imine (C=N–C) groups is 1. The molecule has 1 aromatic carbocycles. The van der Waals surface area contributed by atoms with Crippen LogP contribution in [0.5, 0.6) is 0 Å². The molecule has 1 aromatic rings. The van der Waals surface area contributed by atoms with Gasteiger partial charge in [0.15, 0.2) is 6.23 Å². The molecule has 0 bridgehead atoms. The molecule has 0 spiro atoms. The van der Waals surface area contributed by atoms with Crippen molar-refractivity contribution in [2.75, 3.05) is 53.1 Å². The Morgan fingerprint density at radius 1 is 1.26 bits per heavy atom. The lowest BCUT2D eigenvalue weighted by Gasteiger charge is -2.27. The molecule has 2 aliphatic rings. The standard InChI is InChI=1S/C27H40F2N5O7P/c1-21(25(36)38-18-22-7-4-3-5-8-22)33-42(39-14-6-11-34-12-15-37-16-13-34)40-19-23-17-27(28,29)26(41-23)32-24(30-2)9-10-31-20-35/h3-5,7-10,20-21,23,26,33H,6,11-19H2,1-2H3,(H,30,32)(H,31,35)/b10-9-. The summed E-state index contributed by atoms with van der Waals surface area (Å²) in [6, 6.07) is 8.52. The van der Waals surface area contributed by atoms with Gasteiger partial charge in [-0.2, -0.15) is 0 Å². The summed E-state index contributed by atoms with van der Waals surface area (Å²) in [6.45, 7) is 5.79. The molecular weight excluding hydrogens is 575 g/mol. The number of carbonyl (C=O) groups excluding carboxylic acids is 2. The first-order chi connectivity index (χ1) is 20.3. The molecule has 2 heterocycles. The van der Waals surface area contributed by atoms with E-state index in [0.29, 0.717) is 32.7 Å². The zero-order chi connectivity index (χ0) is 30.2. The molecule has 12 nitrogen and oxygen atoms in total. The third-order valence-electron chi connectivity index (χ3n) is 6.32. The molecule has 4 unspecified atom stereocenters. The number of nitrogens with zero attached hydrogens (tertiary/aromatic N) is 2. The minimum Gasteiger partial charge on any atom is -0.460 e. The first-order valence-electron chi connectivity index (χ1n) is 13.8. The summed E-state index contributed by atoms with van der Waals surface area (Å²) in [5, 5.41) is 7.84. The Labute approximate surface area is 246 Å². The molecule has 0 aliphatic carbocycles. The van der Waals surface area contributed by atoms with Gasteiger partial charge in [-0.25, -0.2) is 13.9 Å². The highest BCUT2D eigenvalue weighted by Crippen LogP contribution is 2.39. The largest absolute Gasteiger partial charge is 0.460 e. The van der Waals surface area contributed by atoms with Gasteiger partial charge < -0.3 is 33.9 Å². The third kappa shape index (κ3) is 12.0. The fraction of sp³-hybridized carbons (Fsp3) is 0.593. The van der Waals surface area contributed by atoms with Gasteiger partial charge >= 0.3 is 5.97 Å². The quantitative estimate of drug-likeness (QED) is 0.0599. The Kier molecular flexibility index (Phi) is 14.7. The van der Waals surface area contributed by atoms with Crippen LogP contribution in [0.4, 0.5) is 8.78 Å². The lowest BCUT2D eigenvalue weighted by atomic mass is 10.2. The highest BCUT2D eigenvalue weighted by molar-refractivity contribution is 7.45. The van der Waals surface area contributed by atoms with Crippen molar-refractivity contribution in [2.24, 2.45) is 4.99 Å². The Bertz CT molecular complexity index is 1020. The van der Waals surface area contributed by atoms with Gasteiger partial charge in [-0.05, 0) is 25.0 Å². The summed E-state index contributed by atoms with van der Waals surface area (Å²) in [4.78, 5) is 29.2. The number of amides is 1. The van der Waals surface area contributed by atoms with E-state index in [-0.39, 0.29) is 19.0 Å². The molecule has 42 heavy (non-hydrogen) atoms. The van der Waals surface area contributed by atoms with Crippen molar-refractivity contribution in [3.8, 4) is 0 Å². The van der Waals surface area contributed by atoms with Crippen molar-refractivity contribution < 1.29 is 41.6 Å². The molecular formula is C27H40F2N5O7P. The molecule has 0 aromatic heterocycles. The third-order valence-corrected chi connectivity index (χ3v) is 7.72. The molecule has 2 aliphatic heterocycles. The first-order valence-corrected chi connectivity index (χ1v) is 14.9. The number of halogens is 2. The van der Waals surface area contributed by atoms with Gasteiger partial charge in [0.1, 0.15) is 18.5 Å². The monoisotopic (exact) mass is 615 g/mol. The number of morpholine rings is 1. The Balaban J connectivity index is 1.52. The fourth-order valence-electron chi connectivity index (χ4n) is 4.06. The Morgan fingerprint density at radius 3 is 2.74 bits per heavy atom. The van der Waals surface area contributed by atoms with E-state index in [4.69, 9.17) is 23.3 Å². The molecule has 2 saturated heterocycles. The predicted octanol–water partition coefficient (Wildman–Crippen LogP) is 2.32. The van der Waals surface area contributed by atoms with Crippen LogP contribution < -0.4 is 15.7 Å². The van der Waals surface area contributed by atoms with E-state index in [0.717, 1.165) is 25.2 Å². The van der Waals surface area contributed by atoms with Crippen LogP contribution in [0.1, 0.15) is 25.3 Å². The number of ether oxygens (including phenoxy) is 3. The molecule has 0 radical (unpaired) electrons. The molecule has 4 atom stereocenters. The van der Waals surface area contributed by atoms with Crippen molar-refractivity contribution in [1.82, 2.24) is 20.6 Å². The second-order valence-electron chi connectivity index (χ2n) is 9.61. The van der Waals surface area contributed by atoms with Crippen LogP contribution in [0, 0.1) is 0 Å². The van der Waals surface area contributed by atoms with E-state index in [1.807, 2.05) is 30.3 Å². The lowest BCUT2D eigenvalue weighted by Crippen LogP contribution is -2.44. The van der Waals surface area contributed by atoms with Gasteiger partial charge in [0.25, 0.3) is 14.4 Å². The van der Waals surface area contributed by atoms with Crippen molar-refractivity contribution in [3.05, 3.63) is 48.2 Å². The average molecular weight is 616 g/mol. The fourth-order valence-corrected chi connectivity index (χ4v) is 5.31. The van der Waals surface area contributed by atoms with Gasteiger partial charge in [-0.1, -0.05) is 30.3 Å². The maximum atomic E-state index is 14.7. The molecule has 15 heteroatoms. The second kappa shape index (κ2) is 18.2. The number of benzene rings is 1. The van der Waals surface area contributed by atoms with E-state index >= 15 is 0 Å². The number of hydrogen-bond donors (Lipinski definition) is 3. The summed E-state index contributed by atoms with van der Waals surface area (Å²) in [7, 11) is -0.414. The first kappa shape index (κ1) is 33.9. The topological polar surface area (TPSA) is 132 Å². The number of amidine groups is 1. The summed E-state index contributed by atoms with van der Waals surface area (Å²) < 4.78 is 57.6. The maximum Gasteiger partial charge on any atom is 0.323 e. The van der Waals surface area contributed by atoms with Crippen molar-refractivity contribution >= 4 is 26.7 Å². The number of esters is 1. The van der Waals surface area contributed by atoms with Crippen molar-refractivity contribution in [1.29, 1.82) is 0 Å². The Hall–Kier alpha value is -2.58. The molecule has 3 rings (SSSR count). The summed E-state index contributed by atoms with van der Waals surface area (Å²) in [5.41, 5.74) is 0.852. The van der Waals surface area contributed by atoms with E-state index in [2.05, 4.69) is 25.6 Å². The maximum absolute atomic E-state index is 14.7. The number of hydrogen-bond acceptors (Lipinski definition) is 10.